The number of carbonyl (C=O) groups excluding carboxylic acids is 5. The molecule has 0 aromatic rings. The van der Waals surface area contributed by atoms with Crippen LogP contribution < -0.4 is 32.3 Å². The number of hydrogen-bond acceptors (Lipinski definition) is 8. The molecule has 0 aliphatic carbocycles. The van der Waals surface area contributed by atoms with Crippen molar-refractivity contribution in [2.75, 3.05) is 13.6 Å². The van der Waals surface area contributed by atoms with Gasteiger partial charge >= 0.3 is 5.97 Å². The van der Waals surface area contributed by atoms with Crippen LogP contribution in [0.5, 0.6) is 0 Å². The topological polar surface area (TPSA) is 229 Å². The molecule has 5 unspecified atom stereocenters. The van der Waals surface area contributed by atoms with Gasteiger partial charge in [-0.3, -0.25) is 28.8 Å². The lowest BCUT2D eigenvalue weighted by atomic mass is 10.1. The molecule has 0 aromatic heterocycles. The number of aliphatic carboxylic acids is 1. The fourth-order valence-corrected chi connectivity index (χ4v) is 2.50. The molecule has 0 fully saturated rings. The molecule has 0 saturated carbocycles. The Balaban J connectivity index is 5.07. The number of aliphatic hydroxyl groups excluding tert-OH is 1. The molecule has 0 aromatic carbocycles. The Morgan fingerprint density at radius 3 is 1.84 bits per heavy atom. The number of nitrogens with two attached hydrogens (primary N) is 1. The fraction of sp³-hybridized carbons (Fsp3) is 0.667. The maximum Gasteiger partial charge on any atom is 0.303 e. The monoisotopic (exact) mass is 460 g/mol. The number of amides is 5. The molecule has 32 heavy (non-hydrogen) atoms. The number of nitrogens with one attached hydrogen (secondary N) is 5. The Morgan fingerprint density at radius 2 is 1.38 bits per heavy atom. The summed E-state index contributed by atoms with van der Waals surface area (Å²) in [6.07, 6.45) is -1.78. The Hall–Kier alpha value is -3.26. The third-order valence-corrected chi connectivity index (χ3v) is 4.30. The van der Waals surface area contributed by atoms with Crippen molar-refractivity contribution in [3.63, 3.8) is 0 Å². The highest BCUT2D eigenvalue weighted by atomic mass is 16.4. The molecule has 14 heteroatoms. The van der Waals surface area contributed by atoms with E-state index >= 15 is 0 Å². The minimum Gasteiger partial charge on any atom is -0.481 e. The first-order chi connectivity index (χ1) is 14.8. The number of primary amides is 1. The van der Waals surface area contributed by atoms with Crippen molar-refractivity contribution in [3.05, 3.63) is 0 Å². The lowest BCUT2D eigenvalue weighted by Gasteiger charge is -2.25. The van der Waals surface area contributed by atoms with Crippen LogP contribution in [-0.2, 0) is 28.8 Å². The first-order valence-electron chi connectivity index (χ1n) is 9.84. The van der Waals surface area contributed by atoms with Crippen molar-refractivity contribution < 1.29 is 39.0 Å². The zero-order valence-corrected chi connectivity index (χ0v) is 18.4. The fourth-order valence-electron chi connectivity index (χ4n) is 2.50. The number of aliphatic hydroxyl groups is 1. The Morgan fingerprint density at radius 1 is 0.844 bits per heavy atom. The van der Waals surface area contributed by atoms with Crippen LogP contribution in [0.25, 0.3) is 0 Å². The van der Waals surface area contributed by atoms with E-state index < -0.39 is 78.7 Å². The SMILES string of the molecule is CNC(C(=O)NC(CCC(=O)O)C(=O)NC(C)C(=O)NC(C)C(=O)NCC(N)=O)C(C)O. The molecule has 0 bridgehead atoms. The average molecular weight is 460 g/mol. The first kappa shape index (κ1) is 28.7. The predicted molar refractivity (Wildman–Crippen MR) is 111 cm³/mol. The molecule has 0 aliphatic heterocycles. The van der Waals surface area contributed by atoms with E-state index in [1.807, 2.05) is 0 Å². The molecule has 0 heterocycles. The van der Waals surface area contributed by atoms with E-state index in [9.17, 15) is 33.9 Å². The number of carboxylic acid groups (broad SMARTS) is 1. The van der Waals surface area contributed by atoms with E-state index in [4.69, 9.17) is 10.8 Å². The number of likely N-dealkylation sites (N-methyl/N-ethyl adjacent to an activating group) is 1. The predicted octanol–water partition coefficient (Wildman–Crippen LogP) is -4.08. The van der Waals surface area contributed by atoms with Crippen molar-refractivity contribution >= 4 is 35.5 Å². The van der Waals surface area contributed by atoms with Gasteiger partial charge in [-0.15, -0.1) is 0 Å². The molecule has 5 atom stereocenters. The number of carbonyl (C=O) groups is 6. The van der Waals surface area contributed by atoms with Gasteiger partial charge in [-0.25, -0.2) is 0 Å². The zero-order valence-electron chi connectivity index (χ0n) is 18.4. The van der Waals surface area contributed by atoms with Crippen LogP contribution in [-0.4, -0.2) is 89.6 Å². The first-order valence-corrected chi connectivity index (χ1v) is 9.84. The summed E-state index contributed by atoms with van der Waals surface area (Å²) in [7, 11) is 1.43. The third kappa shape index (κ3) is 10.7. The van der Waals surface area contributed by atoms with Crippen LogP contribution in [0.2, 0.25) is 0 Å². The maximum atomic E-state index is 12.6. The minimum absolute atomic E-state index is 0.261. The highest BCUT2D eigenvalue weighted by Gasteiger charge is 2.29. The van der Waals surface area contributed by atoms with Gasteiger partial charge in [0.05, 0.1) is 12.6 Å². The van der Waals surface area contributed by atoms with Crippen LogP contribution in [0, 0.1) is 0 Å². The van der Waals surface area contributed by atoms with Gasteiger partial charge in [0.1, 0.15) is 24.2 Å². The minimum atomic E-state index is -1.29. The highest BCUT2D eigenvalue weighted by molar-refractivity contribution is 5.95. The van der Waals surface area contributed by atoms with Crippen LogP contribution in [0.4, 0.5) is 0 Å². The van der Waals surface area contributed by atoms with Gasteiger partial charge in [-0.1, -0.05) is 0 Å². The molecule has 14 nitrogen and oxygen atoms in total. The molecule has 0 saturated heterocycles. The van der Waals surface area contributed by atoms with Gasteiger partial charge in [0.15, 0.2) is 0 Å². The molecule has 9 N–H and O–H groups in total. The zero-order chi connectivity index (χ0) is 25.0. The summed E-state index contributed by atoms with van der Waals surface area (Å²) in [4.78, 5) is 70.5. The molecule has 0 radical (unpaired) electrons. The third-order valence-electron chi connectivity index (χ3n) is 4.30. The van der Waals surface area contributed by atoms with Gasteiger partial charge in [-0.2, -0.15) is 0 Å². The number of rotatable bonds is 14. The standard InChI is InChI=1S/C18H32N6O8/c1-8(15(29)21-7-12(19)26)22-16(30)9(2)23-17(31)11(5-6-13(27)28)24-18(32)14(20-4)10(3)25/h8-11,14,20,25H,5-7H2,1-4H3,(H2,19,26)(H,21,29)(H,22,30)(H,23,31)(H,24,32)(H,27,28). The summed E-state index contributed by atoms with van der Waals surface area (Å²) < 4.78 is 0. The van der Waals surface area contributed by atoms with Gasteiger partial charge < -0.3 is 42.5 Å². The molecule has 0 spiro atoms. The summed E-state index contributed by atoms with van der Waals surface area (Å²) in [6.45, 7) is 3.63. The van der Waals surface area contributed by atoms with E-state index in [1.165, 1.54) is 27.8 Å². The molecule has 182 valence electrons. The lowest BCUT2D eigenvalue weighted by Crippen LogP contribution is -2.58. The van der Waals surface area contributed by atoms with Crippen molar-refractivity contribution in [2.24, 2.45) is 5.73 Å². The normalized spacial score (nSPS) is 15.3. The number of carboxylic acids is 1. The number of hydrogen-bond donors (Lipinski definition) is 8. The Kier molecular flexibility index (Phi) is 12.5. The van der Waals surface area contributed by atoms with E-state index in [-0.39, 0.29) is 6.42 Å². The van der Waals surface area contributed by atoms with Crippen molar-refractivity contribution in [1.29, 1.82) is 0 Å². The Bertz CT molecular complexity index is 714. The van der Waals surface area contributed by atoms with Crippen LogP contribution in [0.1, 0.15) is 33.6 Å². The lowest BCUT2D eigenvalue weighted by molar-refractivity contribution is -0.138. The summed E-state index contributed by atoms with van der Waals surface area (Å²) in [5, 5.41) is 30.4. The second-order valence-corrected chi connectivity index (χ2v) is 7.15. The van der Waals surface area contributed by atoms with Gasteiger partial charge in [0.25, 0.3) is 0 Å². The van der Waals surface area contributed by atoms with Crippen LogP contribution >= 0.6 is 0 Å². The van der Waals surface area contributed by atoms with E-state index in [1.54, 1.807) is 0 Å². The molecular formula is C18H32N6O8. The second-order valence-electron chi connectivity index (χ2n) is 7.15. The van der Waals surface area contributed by atoms with Crippen LogP contribution in [0.15, 0.2) is 0 Å². The van der Waals surface area contributed by atoms with Gasteiger partial charge in [0, 0.05) is 6.42 Å². The van der Waals surface area contributed by atoms with E-state index in [0.717, 1.165) is 0 Å². The molecule has 0 aliphatic rings. The smallest absolute Gasteiger partial charge is 0.303 e. The highest BCUT2D eigenvalue weighted by Crippen LogP contribution is 2.02. The quantitative estimate of drug-likeness (QED) is 0.126. The molecule has 0 rings (SSSR count). The van der Waals surface area contributed by atoms with Gasteiger partial charge in [-0.05, 0) is 34.2 Å². The summed E-state index contributed by atoms with van der Waals surface area (Å²) >= 11 is 0. The summed E-state index contributed by atoms with van der Waals surface area (Å²) in [5.41, 5.74) is 4.92. The summed E-state index contributed by atoms with van der Waals surface area (Å²) in [6, 6.07) is -4.52. The Labute approximate surface area is 185 Å². The van der Waals surface area contributed by atoms with Crippen molar-refractivity contribution in [1.82, 2.24) is 26.6 Å². The maximum absolute atomic E-state index is 12.6. The molecular weight excluding hydrogens is 428 g/mol. The van der Waals surface area contributed by atoms with E-state index in [0.29, 0.717) is 0 Å². The average Bonchev–Trinajstić information content (AvgIpc) is 2.68. The largest absolute Gasteiger partial charge is 0.481 e. The molecule has 5 amide bonds. The van der Waals surface area contributed by atoms with Crippen molar-refractivity contribution in [2.45, 2.75) is 63.9 Å². The second kappa shape index (κ2) is 13.9. The van der Waals surface area contributed by atoms with Crippen LogP contribution in [0.3, 0.4) is 0 Å². The van der Waals surface area contributed by atoms with E-state index in [2.05, 4.69) is 26.6 Å². The summed E-state index contributed by atoms with van der Waals surface area (Å²) in [5.74, 6) is -4.92. The van der Waals surface area contributed by atoms with Gasteiger partial charge in [0.2, 0.25) is 29.5 Å². The van der Waals surface area contributed by atoms with Crippen molar-refractivity contribution in [3.8, 4) is 0 Å².